The Kier molecular flexibility index (Phi) is 4.67. The minimum absolute atomic E-state index is 0.459. The van der Waals surface area contributed by atoms with E-state index in [9.17, 15) is 8.42 Å². The Morgan fingerprint density at radius 1 is 1.25 bits per heavy atom. The maximum Gasteiger partial charge on any atom is 0.303 e. The van der Waals surface area contributed by atoms with Crippen molar-refractivity contribution in [2.45, 2.75) is 26.3 Å². The molecule has 2 rings (SSSR count). The summed E-state index contributed by atoms with van der Waals surface area (Å²) in [7, 11) is -1.82. The molecule has 1 heterocycles. The fourth-order valence-corrected chi connectivity index (χ4v) is 3.77. The Hall–Kier alpha value is -1.11. The van der Waals surface area contributed by atoms with Gasteiger partial charge in [0.15, 0.2) is 0 Å². The average Bonchev–Trinajstić information content (AvgIpc) is 2.47. The summed E-state index contributed by atoms with van der Waals surface area (Å²) in [5, 5.41) is 0. The molecule has 1 aliphatic heterocycles. The van der Waals surface area contributed by atoms with Crippen LogP contribution in [-0.2, 0) is 16.8 Å². The highest BCUT2D eigenvalue weighted by molar-refractivity contribution is 7.90. The fraction of sp³-hybridized carbons (Fsp3) is 0.571. The van der Waals surface area contributed by atoms with Crippen LogP contribution in [0.4, 0.5) is 5.69 Å². The summed E-state index contributed by atoms with van der Waals surface area (Å²) in [6.45, 7) is 3.84. The van der Waals surface area contributed by atoms with Crippen molar-refractivity contribution in [1.29, 1.82) is 0 Å². The number of piperidine rings is 1. The summed E-state index contributed by atoms with van der Waals surface area (Å²) in [6.07, 6.45) is 1.86. The van der Waals surface area contributed by atoms with Crippen molar-refractivity contribution >= 4 is 15.9 Å². The second kappa shape index (κ2) is 6.11. The maximum absolute atomic E-state index is 12.6. The first-order valence-corrected chi connectivity index (χ1v) is 8.38. The summed E-state index contributed by atoms with van der Waals surface area (Å²) in [6, 6.07) is 7.32. The van der Waals surface area contributed by atoms with E-state index in [0.717, 1.165) is 18.4 Å². The highest BCUT2D eigenvalue weighted by Crippen LogP contribution is 2.24. The summed E-state index contributed by atoms with van der Waals surface area (Å²) >= 11 is 0. The largest absolute Gasteiger partial charge is 0.326 e. The molecule has 0 atom stereocenters. The lowest BCUT2D eigenvalue weighted by molar-refractivity contribution is 0.287. The predicted octanol–water partition coefficient (Wildman–Crippen LogP) is 1.56. The van der Waals surface area contributed by atoms with E-state index in [0.29, 0.717) is 31.2 Å². The summed E-state index contributed by atoms with van der Waals surface area (Å²) in [5.41, 5.74) is 7.21. The van der Waals surface area contributed by atoms with Gasteiger partial charge in [-0.25, -0.2) is 0 Å². The van der Waals surface area contributed by atoms with Crippen molar-refractivity contribution in [2.24, 2.45) is 11.7 Å². The van der Waals surface area contributed by atoms with E-state index in [4.69, 9.17) is 5.73 Å². The van der Waals surface area contributed by atoms with Crippen LogP contribution in [0, 0.1) is 5.92 Å². The van der Waals surface area contributed by atoms with Gasteiger partial charge in [0.05, 0.1) is 5.69 Å². The topological polar surface area (TPSA) is 66.6 Å². The molecule has 0 spiro atoms. The zero-order chi connectivity index (χ0) is 14.8. The first kappa shape index (κ1) is 15.3. The number of nitrogens with two attached hydrogens (primary N) is 1. The molecule has 1 aliphatic rings. The molecule has 0 bridgehead atoms. The zero-order valence-corrected chi connectivity index (χ0v) is 12.9. The van der Waals surface area contributed by atoms with Gasteiger partial charge < -0.3 is 5.73 Å². The number of benzene rings is 1. The summed E-state index contributed by atoms with van der Waals surface area (Å²) in [5.74, 6) is 0.607. The molecule has 1 saturated heterocycles. The van der Waals surface area contributed by atoms with E-state index in [1.54, 1.807) is 23.5 Å². The lowest BCUT2D eigenvalue weighted by Gasteiger charge is -2.33. The molecule has 0 aliphatic carbocycles. The smallest absolute Gasteiger partial charge is 0.303 e. The molecule has 1 aromatic carbocycles. The van der Waals surface area contributed by atoms with E-state index in [-0.39, 0.29) is 0 Å². The van der Waals surface area contributed by atoms with Crippen molar-refractivity contribution in [3.05, 3.63) is 29.8 Å². The van der Waals surface area contributed by atoms with Crippen molar-refractivity contribution in [3.63, 3.8) is 0 Å². The summed E-state index contributed by atoms with van der Waals surface area (Å²) < 4.78 is 28.1. The summed E-state index contributed by atoms with van der Waals surface area (Å²) in [4.78, 5) is 0. The third-order valence-electron chi connectivity index (χ3n) is 3.95. The number of hydrogen-bond donors (Lipinski definition) is 1. The zero-order valence-electron chi connectivity index (χ0n) is 12.1. The molecule has 20 heavy (non-hydrogen) atoms. The van der Waals surface area contributed by atoms with Gasteiger partial charge in [-0.1, -0.05) is 19.1 Å². The number of rotatable bonds is 4. The SMILES string of the molecule is CC1CCN(S(=O)(=O)N(C)c2ccc(CN)cc2)CC1. The molecule has 0 saturated carbocycles. The van der Waals surface area contributed by atoms with Crippen molar-refractivity contribution in [1.82, 2.24) is 4.31 Å². The van der Waals surface area contributed by atoms with E-state index in [1.165, 1.54) is 4.31 Å². The molecule has 6 heteroatoms. The molecular formula is C14H23N3O2S. The lowest BCUT2D eigenvalue weighted by Crippen LogP contribution is -2.45. The van der Waals surface area contributed by atoms with Crippen LogP contribution in [0.2, 0.25) is 0 Å². The molecule has 1 aromatic rings. The van der Waals surface area contributed by atoms with Gasteiger partial charge in [-0.3, -0.25) is 4.31 Å². The van der Waals surface area contributed by atoms with Crippen LogP contribution in [0.3, 0.4) is 0 Å². The Morgan fingerprint density at radius 2 is 1.80 bits per heavy atom. The number of nitrogens with zero attached hydrogens (tertiary/aromatic N) is 2. The molecule has 112 valence electrons. The molecule has 1 fully saturated rings. The minimum Gasteiger partial charge on any atom is -0.326 e. The van der Waals surface area contributed by atoms with Crippen LogP contribution >= 0.6 is 0 Å². The number of anilines is 1. The molecule has 0 radical (unpaired) electrons. The fourth-order valence-electron chi connectivity index (χ4n) is 2.36. The van der Waals surface area contributed by atoms with E-state index in [2.05, 4.69) is 6.92 Å². The van der Waals surface area contributed by atoms with Crippen molar-refractivity contribution in [2.75, 3.05) is 24.4 Å². The van der Waals surface area contributed by atoms with Crippen LogP contribution in [0.1, 0.15) is 25.3 Å². The first-order chi connectivity index (χ1) is 9.45. The van der Waals surface area contributed by atoms with Gasteiger partial charge in [0.2, 0.25) is 0 Å². The van der Waals surface area contributed by atoms with Crippen LogP contribution < -0.4 is 10.0 Å². The van der Waals surface area contributed by atoms with Crippen LogP contribution in [-0.4, -0.2) is 32.9 Å². The Bertz CT molecular complexity index is 534. The second-order valence-corrected chi connectivity index (χ2v) is 7.39. The van der Waals surface area contributed by atoms with Crippen LogP contribution in [0.25, 0.3) is 0 Å². The monoisotopic (exact) mass is 297 g/mol. The third kappa shape index (κ3) is 3.13. The van der Waals surface area contributed by atoms with Crippen molar-refractivity contribution in [3.8, 4) is 0 Å². The predicted molar refractivity (Wildman–Crippen MR) is 81.6 cm³/mol. The van der Waals surface area contributed by atoms with Crippen molar-refractivity contribution < 1.29 is 8.42 Å². The maximum atomic E-state index is 12.6. The van der Waals surface area contributed by atoms with Gasteiger partial charge in [0.1, 0.15) is 0 Å². The van der Waals surface area contributed by atoms with Gasteiger partial charge in [-0.15, -0.1) is 0 Å². The highest BCUT2D eigenvalue weighted by Gasteiger charge is 2.30. The lowest BCUT2D eigenvalue weighted by atomic mass is 10.0. The van der Waals surface area contributed by atoms with Gasteiger partial charge in [0.25, 0.3) is 0 Å². The van der Waals surface area contributed by atoms with Crippen LogP contribution in [0.5, 0.6) is 0 Å². The van der Waals surface area contributed by atoms with Gasteiger partial charge in [-0.2, -0.15) is 12.7 Å². The molecule has 2 N–H and O–H groups in total. The van der Waals surface area contributed by atoms with Gasteiger partial charge in [0, 0.05) is 26.7 Å². The molecule has 0 aromatic heterocycles. The average molecular weight is 297 g/mol. The first-order valence-electron chi connectivity index (χ1n) is 6.98. The Balaban J connectivity index is 2.15. The second-order valence-electron chi connectivity index (χ2n) is 5.43. The minimum atomic E-state index is -3.42. The number of hydrogen-bond acceptors (Lipinski definition) is 3. The quantitative estimate of drug-likeness (QED) is 0.917. The van der Waals surface area contributed by atoms with Crippen LogP contribution in [0.15, 0.2) is 24.3 Å². The van der Waals surface area contributed by atoms with E-state index in [1.807, 2.05) is 12.1 Å². The normalized spacial score (nSPS) is 18.1. The highest BCUT2D eigenvalue weighted by atomic mass is 32.2. The van der Waals surface area contributed by atoms with E-state index < -0.39 is 10.2 Å². The molecule has 0 unspecified atom stereocenters. The molecular weight excluding hydrogens is 274 g/mol. The van der Waals surface area contributed by atoms with Gasteiger partial charge in [-0.05, 0) is 36.5 Å². The molecule has 5 nitrogen and oxygen atoms in total. The third-order valence-corrected chi connectivity index (χ3v) is 5.87. The Labute approximate surface area is 121 Å². The molecule has 0 amide bonds. The van der Waals surface area contributed by atoms with E-state index >= 15 is 0 Å². The standard InChI is InChI=1S/C14H23N3O2S/c1-12-7-9-17(10-8-12)20(18,19)16(2)14-5-3-13(11-15)4-6-14/h3-6,12H,7-11,15H2,1-2H3. The van der Waals surface area contributed by atoms with Gasteiger partial charge >= 0.3 is 10.2 Å². The Morgan fingerprint density at radius 3 is 2.30 bits per heavy atom.